The Morgan fingerprint density at radius 1 is 1.22 bits per heavy atom. The Hall–Kier alpha value is -0.160. The second-order valence-electron chi connectivity index (χ2n) is 1.83. The lowest BCUT2D eigenvalue weighted by molar-refractivity contribution is -0.125. The summed E-state index contributed by atoms with van der Waals surface area (Å²) in [6, 6.07) is 0. The quantitative estimate of drug-likeness (QED) is 0.426. The zero-order valence-corrected chi connectivity index (χ0v) is 5.03. The van der Waals surface area contributed by atoms with Crippen molar-refractivity contribution >= 4 is 0 Å². The Morgan fingerprint density at radius 3 is 2.11 bits per heavy atom. The van der Waals surface area contributed by atoms with E-state index in [1.807, 2.05) is 0 Å². The van der Waals surface area contributed by atoms with E-state index in [9.17, 15) is 5.11 Å². The molecule has 0 saturated carbocycles. The number of aliphatic hydroxyl groups excluding tert-OH is 2. The third-order valence-corrected chi connectivity index (χ3v) is 0.988. The second-order valence-corrected chi connectivity index (χ2v) is 1.83. The van der Waals surface area contributed by atoms with Crippen molar-refractivity contribution in [1.82, 2.24) is 0 Å². The molecule has 0 aromatic carbocycles. The van der Waals surface area contributed by atoms with E-state index in [4.69, 9.17) is 15.3 Å². The molecule has 0 aromatic heterocycles. The largest absolute Gasteiger partial charge is 0.388 e. The van der Waals surface area contributed by atoms with Gasteiger partial charge in [-0.2, -0.15) is 0 Å². The van der Waals surface area contributed by atoms with Crippen molar-refractivity contribution in [3.63, 3.8) is 0 Å². The van der Waals surface area contributed by atoms with E-state index in [2.05, 4.69) is 0 Å². The normalized spacial score (nSPS) is 14.3. The van der Waals surface area contributed by atoms with Crippen LogP contribution >= 0.6 is 0 Å². The molecule has 0 rings (SSSR count). The highest BCUT2D eigenvalue weighted by Gasteiger charge is 2.10. The Labute approximate surface area is 53.4 Å². The molecule has 0 saturated heterocycles. The summed E-state index contributed by atoms with van der Waals surface area (Å²) < 4.78 is 0. The van der Waals surface area contributed by atoms with Crippen LogP contribution in [0, 0.1) is 0 Å². The van der Waals surface area contributed by atoms with Gasteiger partial charge in [-0.1, -0.05) is 0 Å². The lowest BCUT2D eigenvalue weighted by atomic mass is 10.2. The maximum atomic E-state index is 9.78. The second kappa shape index (κ2) is 4.69. The average molecular weight is 135 g/mol. The summed E-state index contributed by atoms with van der Waals surface area (Å²) in [5.74, 6) is 0. The minimum absolute atomic E-state index is 0.154. The summed E-state index contributed by atoms with van der Waals surface area (Å²) in [6.45, 7) is -0.288. The van der Waals surface area contributed by atoms with Crippen LogP contribution in [-0.2, 0) is 5.11 Å². The van der Waals surface area contributed by atoms with Gasteiger partial charge in [-0.25, -0.2) is 5.11 Å². The van der Waals surface area contributed by atoms with Crippen molar-refractivity contribution in [2.45, 2.75) is 25.2 Å². The van der Waals surface area contributed by atoms with Crippen LogP contribution in [0.3, 0.4) is 0 Å². The van der Waals surface area contributed by atoms with Crippen LogP contribution in [0.2, 0.25) is 0 Å². The van der Waals surface area contributed by atoms with E-state index in [-0.39, 0.29) is 19.4 Å². The van der Waals surface area contributed by atoms with Gasteiger partial charge in [0.1, 0.15) is 6.10 Å². The first-order valence-corrected chi connectivity index (χ1v) is 2.80. The van der Waals surface area contributed by atoms with Gasteiger partial charge in [0, 0.05) is 0 Å². The Bertz CT molecular complexity index is 64.0. The summed E-state index contributed by atoms with van der Waals surface area (Å²) >= 11 is 0. The first-order valence-electron chi connectivity index (χ1n) is 2.80. The fraction of sp³-hybridized carbons (Fsp3) is 1.00. The number of hydrogen-bond acceptors (Lipinski definition) is 3. The summed E-state index contributed by atoms with van der Waals surface area (Å²) in [4.78, 5) is 0. The van der Waals surface area contributed by atoms with Crippen LogP contribution in [-0.4, -0.2) is 34.3 Å². The fourth-order valence-corrected chi connectivity index (χ4v) is 0.442. The SMILES string of the molecule is [O]CCCC(O)C(O)O. The van der Waals surface area contributed by atoms with Crippen molar-refractivity contribution in [2.24, 2.45) is 0 Å². The minimum atomic E-state index is -1.71. The fourth-order valence-electron chi connectivity index (χ4n) is 0.442. The van der Waals surface area contributed by atoms with Crippen LogP contribution < -0.4 is 0 Å². The van der Waals surface area contributed by atoms with Gasteiger partial charge in [-0.15, -0.1) is 0 Å². The number of hydrogen-bond donors (Lipinski definition) is 3. The molecule has 0 aromatic rings. The molecular weight excluding hydrogens is 124 g/mol. The number of aliphatic hydroxyl groups is 3. The molecule has 4 heteroatoms. The average Bonchev–Trinajstić information content (AvgIpc) is 1.82. The zero-order chi connectivity index (χ0) is 7.28. The van der Waals surface area contributed by atoms with Gasteiger partial charge in [0.25, 0.3) is 0 Å². The van der Waals surface area contributed by atoms with E-state index < -0.39 is 12.4 Å². The molecule has 0 spiro atoms. The first kappa shape index (κ1) is 8.84. The summed E-state index contributed by atoms with van der Waals surface area (Å²) in [5.41, 5.74) is 0. The molecule has 0 amide bonds. The molecule has 0 bridgehead atoms. The molecule has 0 fully saturated rings. The highest BCUT2D eigenvalue weighted by molar-refractivity contribution is 4.55. The van der Waals surface area contributed by atoms with Gasteiger partial charge in [-0.3, -0.25) is 0 Å². The molecular formula is C5H11O4. The molecule has 0 aliphatic carbocycles. The minimum Gasteiger partial charge on any atom is -0.388 e. The molecule has 1 atom stereocenters. The predicted octanol–water partition coefficient (Wildman–Crippen LogP) is -1.13. The monoisotopic (exact) mass is 135 g/mol. The maximum absolute atomic E-state index is 9.78. The molecule has 9 heavy (non-hydrogen) atoms. The lowest BCUT2D eigenvalue weighted by Gasteiger charge is -2.09. The maximum Gasteiger partial charge on any atom is 0.178 e. The van der Waals surface area contributed by atoms with Crippen molar-refractivity contribution in [3.05, 3.63) is 0 Å². The molecule has 0 aliphatic heterocycles. The van der Waals surface area contributed by atoms with Crippen LogP contribution in [0.25, 0.3) is 0 Å². The molecule has 3 N–H and O–H groups in total. The summed E-state index contributed by atoms with van der Waals surface area (Å²) in [7, 11) is 0. The van der Waals surface area contributed by atoms with Crippen molar-refractivity contribution < 1.29 is 20.4 Å². The number of rotatable bonds is 4. The molecule has 4 nitrogen and oxygen atoms in total. The standard InChI is InChI=1S/C5H11O4/c6-3-1-2-4(7)5(8)9/h4-5,7-9H,1-3H2. The van der Waals surface area contributed by atoms with Gasteiger partial charge in [0.2, 0.25) is 0 Å². The van der Waals surface area contributed by atoms with Crippen molar-refractivity contribution in [1.29, 1.82) is 0 Å². The Morgan fingerprint density at radius 2 is 1.78 bits per heavy atom. The first-order chi connectivity index (χ1) is 4.18. The van der Waals surface area contributed by atoms with Gasteiger partial charge < -0.3 is 15.3 Å². The van der Waals surface area contributed by atoms with Crippen LogP contribution in [0.5, 0.6) is 0 Å². The highest BCUT2D eigenvalue weighted by atomic mass is 16.5. The van der Waals surface area contributed by atoms with Gasteiger partial charge in [-0.05, 0) is 12.8 Å². The molecule has 1 unspecified atom stereocenters. The third kappa shape index (κ3) is 4.35. The summed E-state index contributed by atoms with van der Waals surface area (Å²) in [5, 5.41) is 34.9. The topological polar surface area (TPSA) is 80.6 Å². The van der Waals surface area contributed by atoms with E-state index in [1.54, 1.807) is 0 Å². The van der Waals surface area contributed by atoms with E-state index in [1.165, 1.54) is 0 Å². The molecule has 0 aliphatic rings. The van der Waals surface area contributed by atoms with Crippen LogP contribution in [0.1, 0.15) is 12.8 Å². The van der Waals surface area contributed by atoms with E-state index in [0.29, 0.717) is 0 Å². The third-order valence-electron chi connectivity index (χ3n) is 0.988. The molecule has 1 radical (unpaired) electrons. The summed E-state index contributed by atoms with van der Waals surface area (Å²) in [6.07, 6.45) is -2.45. The van der Waals surface area contributed by atoms with Crippen molar-refractivity contribution in [2.75, 3.05) is 6.61 Å². The van der Waals surface area contributed by atoms with E-state index >= 15 is 0 Å². The van der Waals surface area contributed by atoms with E-state index in [0.717, 1.165) is 0 Å². The van der Waals surface area contributed by atoms with Crippen molar-refractivity contribution in [3.8, 4) is 0 Å². The Balaban J connectivity index is 3.16. The van der Waals surface area contributed by atoms with Gasteiger partial charge in [0.15, 0.2) is 6.29 Å². The van der Waals surface area contributed by atoms with Crippen LogP contribution in [0.15, 0.2) is 0 Å². The lowest BCUT2D eigenvalue weighted by Crippen LogP contribution is -2.25. The Kier molecular flexibility index (Phi) is 4.61. The molecule has 0 heterocycles. The predicted molar refractivity (Wildman–Crippen MR) is 29.0 cm³/mol. The highest BCUT2D eigenvalue weighted by Crippen LogP contribution is 1.98. The van der Waals surface area contributed by atoms with Gasteiger partial charge in [0.05, 0.1) is 6.61 Å². The van der Waals surface area contributed by atoms with Crippen LogP contribution in [0.4, 0.5) is 0 Å². The molecule has 55 valence electrons. The van der Waals surface area contributed by atoms with Gasteiger partial charge >= 0.3 is 0 Å². The zero-order valence-electron chi connectivity index (χ0n) is 5.03. The smallest absolute Gasteiger partial charge is 0.178 e.